The molecule has 0 amide bonds. The molecule has 3 rings (SSSR count). The van der Waals surface area contributed by atoms with Crippen molar-refractivity contribution in [2.75, 3.05) is 7.11 Å². The SMILES string of the molecule is COc1nn(C)c(=O)n1Cc1cccc(C(ON)=C(C)c2cccc(C(F)(F)F)c2)c1. The number of aromatic nitrogens is 3. The van der Waals surface area contributed by atoms with Crippen LogP contribution in [0.5, 0.6) is 6.01 Å². The van der Waals surface area contributed by atoms with Gasteiger partial charge in [-0.2, -0.15) is 19.1 Å². The molecule has 0 aliphatic rings. The minimum Gasteiger partial charge on any atom is -0.467 e. The molecule has 2 N–H and O–H groups in total. The number of aryl methyl sites for hydroxylation is 1. The Bertz CT molecular complexity index is 1180. The molecule has 0 saturated heterocycles. The highest BCUT2D eigenvalue weighted by Crippen LogP contribution is 2.33. The molecule has 10 heteroatoms. The molecule has 0 spiro atoms. The van der Waals surface area contributed by atoms with Gasteiger partial charge < -0.3 is 9.57 Å². The van der Waals surface area contributed by atoms with Gasteiger partial charge in [-0.15, -0.1) is 5.10 Å². The van der Waals surface area contributed by atoms with Crippen LogP contribution in [0.2, 0.25) is 0 Å². The van der Waals surface area contributed by atoms with Crippen molar-refractivity contribution >= 4 is 11.3 Å². The van der Waals surface area contributed by atoms with E-state index >= 15 is 0 Å². The molecule has 0 saturated carbocycles. The molecule has 0 atom stereocenters. The fourth-order valence-electron chi connectivity index (χ4n) is 3.19. The lowest BCUT2D eigenvalue weighted by Crippen LogP contribution is -2.23. The average Bonchev–Trinajstić information content (AvgIpc) is 3.02. The third kappa shape index (κ3) is 4.64. The molecular formula is C21H21F3N4O3. The summed E-state index contributed by atoms with van der Waals surface area (Å²) in [6, 6.07) is 12.0. The number of benzene rings is 2. The zero-order valence-electron chi connectivity index (χ0n) is 17.1. The number of hydrogen-bond acceptors (Lipinski definition) is 5. The standard InChI is InChI=1S/C21H21F3N4O3/c1-13(15-7-5-9-17(11-15)21(22,23)24)18(31-25)16-8-4-6-14(10-16)12-28-19(30-3)26-27(2)20(28)29/h4-11H,12,25H2,1-3H3. The first kappa shape index (κ1) is 22.2. The minimum absolute atomic E-state index is 0.156. The number of hydrogen-bond donors (Lipinski definition) is 1. The Balaban J connectivity index is 2.01. The van der Waals surface area contributed by atoms with E-state index in [1.165, 1.54) is 24.8 Å². The van der Waals surface area contributed by atoms with E-state index in [1.807, 2.05) is 0 Å². The van der Waals surface area contributed by atoms with Gasteiger partial charge in [0.1, 0.15) is 0 Å². The molecule has 1 aromatic heterocycles. The van der Waals surface area contributed by atoms with Gasteiger partial charge in [0.2, 0.25) is 0 Å². The van der Waals surface area contributed by atoms with Crippen LogP contribution in [-0.2, 0) is 24.6 Å². The number of alkyl halides is 3. The number of ether oxygens (including phenoxy) is 1. The Labute approximate surface area is 176 Å². The molecule has 0 bridgehead atoms. The van der Waals surface area contributed by atoms with Crippen LogP contribution in [0, 0.1) is 0 Å². The van der Waals surface area contributed by atoms with Gasteiger partial charge in [0.05, 0.1) is 19.2 Å². The predicted octanol–water partition coefficient (Wildman–Crippen LogP) is 3.44. The van der Waals surface area contributed by atoms with Crippen LogP contribution in [0.3, 0.4) is 0 Å². The topological polar surface area (TPSA) is 84.3 Å². The van der Waals surface area contributed by atoms with Gasteiger partial charge in [-0.25, -0.2) is 14.0 Å². The smallest absolute Gasteiger partial charge is 0.416 e. The second kappa shape index (κ2) is 8.68. The molecule has 7 nitrogen and oxygen atoms in total. The van der Waals surface area contributed by atoms with Crippen molar-refractivity contribution in [2.45, 2.75) is 19.6 Å². The van der Waals surface area contributed by atoms with E-state index in [0.717, 1.165) is 22.4 Å². The Kier molecular flexibility index (Phi) is 6.21. The maximum absolute atomic E-state index is 13.1. The largest absolute Gasteiger partial charge is 0.467 e. The maximum atomic E-state index is 13.1. The lowest BCUT2D eigenvalue weighted by Gasteiger charge is -2.14. The average molecular weight is 434 g/mol. The fraction of sp³-hybridized carbons (Fsp3) is 0.238. The summed E-state index contributed by atoms with van der Waals surface area (Å²) in [5.41, 5.74) is 0.904. The van der Waals surface area contributed by atoms with Crippen LogP contribution < -0.4 is 16.3 Å². The van der Waals surface area contributed by atoms with Crippen molar-refractivity contribution in [3.05, 3.63) is 81.3 Å². The van der Waals surface area contributed by atoms with Crippen molar-refractivity contribution in [1.82, 2.24) is 14.3 Å². The normalized spacial score (nSPS) is 12.5. The van der Waals surface area contributed by atoms with Crippen molar-refractivity contribution in [3.8, 4) is 6.01 Å². The second-order valence-electron chi connectivity index (χ2n) is 6.83. The molecule has 0 unspecified atom stereocenters. The quantitative estimate of drug-likeness (QED) is 0.365. The van der Waals surface area contributed by atoms with Gasteiger partial charge in [-0.3, -0.25) is 0 Å². The number of nitrogens with zero attached hydrogens (tertiary/aromatic N) is 3. The van der Waals surface area contributed by atoms with Crippen LogP contribution in [0.25, 0.3) is 11.3 Å². The summed E-state index contributed by atoms with van der Waals surface area (Å²) in [6.45, 7) is 1.79. The molecule has 0 radical (unpaired) electrons. The molecule has 0 aliphatic carbocycles. The van der Waals surface area contributed by atoms with Crippen LogP contribution in [0.15, 0.2) is 53.3 Å². The predicted molar refractivity (Wildman–Crippen MR) is 109 cm³/mol. The van der Waals surface area contributed by atoms with Gasteiger partial charge in [-0.1, -0.05) is 30.3 Å². The first-order valence-electron chi connectivity index (χ1n) is 9.18. The lowest BCUT2D eigenvalue weighted by atomic mass is 9.99. The monoisotopic (exact) mass is 434 g/mol. The van der Waals surface area contributed by atoms with Crippen molar-refractivity contribution in [2.24, 2.45) is 12.9 Å². The van der Waals surface area contributed by atoms with Crippen molar-refractivity contribution in [1.29, 1.82) is 0 Å². The van der Waals surface area contributed by atoms with E-state index in [0.29, 0.717) is 16.7 Å². The molecule has 3 aromatic rings. The molecule has 0 fully saturated rings. The summed E-state index contributed by atoms with van der Waals surface area (Å²) >= 11 is 0. The maximum Gasteiger partial charge on any atom is 0.416 e. The van der Waals surface area contributed by atoms with Crippen LogP contribution in [0.1, 0.15) is 29.2 Å². The Morgan fingerprint density at radius 1 is 1.13 bits per heavy atom. The number of allylic oxidation sites excluding steroid dienone is 1. The Morgan fingerprint density at radius 3 is 2.45 bits per heavy atom. The molecule has 1 heterocycles. The van der Waals surface area contributed by atoms with Crippen molar-refractivity contribution < 1.29 is 22.7 Å². The number of halogens is 3. The third-order valence-electron chi connectivity index (χ3n) is 4.77. The van der Waals surface area contributed by atoms with E-state index in [4.69, 9.17) is 15.5 Å². The van der Waals surface area contributed by atoms with Crippen molar-refractivity contribution in [3.63, 3.8) is 0 Å². The van der Waals surface area contributed by atoms with E-state index in [2.05, 4.69) is 5.10 Å². The summed E-state index contributed by atoms with van der Waals surface area (Å²) in [5, 5.41) is 3.99. The van der Waals surface area contributed by atoms with Crippen LogP contribution in [-0.4, -0.2) is 21.5 Å². The Hall–Kier alpha value is -3.53. The summed E-state index contributed by atoms with van der Waals surface area (Å²) in [5.74, 6) is 5.69. The number of rotatable bonds is 6. The van der Waals surface area contributed by atoms with Gasteiger partial charge in [0, 0.05) is 18.2 Å². The fourth-order valence-corrected chi connectivity index (χ4v) is 3.19. The first-order valence-corrected chi connectivity index (χ1v) is 9.18. The second-order valence-corrected chi connectivity index (χ2v) is 6.83. The van der Waals surface area contributed by atoms with E-state index in [9.17, 15) is 18.0 Å². The lowest BCUT2D eigenvalue weighted by molar-refractivity contribution is -0.137. The zero-order valence-corrected chi connectivity index (χ0v) is 17.1. The van der Waals surface area contributed by atoms with Gasteiger partial charge in [-0.05, 0) is 36.2 Å². The highest BCUT2D eigenvalue weighted by Gasteiger charge is 2.30. The summed E-state index contributed by atoms with van der Waals surface area (Å²) in [4.78, 5) is 17.3. The van der Waals surface area contributed by atoms with Gasteiger partial charge in [0.15, 0.2) is 5.76 Å². The van der Waals surface area contributed by atoms with E-state index in [-0.39, 0.29) is 24.0 Å². The first-order chi connectivity index (χ1) is 14.7. The molecule has 2 aromatic carbocycles. The molecule has 0 aliphatic heterocycles. The number of methoxy groups -OCH3 is 1. The molecule has 31 heavy (non-hydrogen) atoms. The highest BCUT2D eigenvalue weighted by atomic mass is 19.4. The zero-order chi connectivity index (χ0) is 22.8. The molecule has 164 valence electrons. The van der Waals surface area contributed by atoms with Crippen LogP contribution >= 0.6 is 0 Å². The summed E-state index contributed by atoms with van der Waals surface area (Å²) in [6.07, 6.45) is -4.46. The van der Waals surface area contributed by atoms with E-state index in [1.54, 1.807) is 37.3 Å². The highest BCUT2D eigenvalue weighted by molar-refractivity contribution is 5.86. The van der Waals surface area contributed by atoms with E-state index < -0.39 is 11.7 Å². The third-order valence-corrected chi connectivity index (χ3v) is 4.77. The Morgan fingerprint density at radius 2 is 1.81 bits per heavy atom. The van der Waals surface area contributed by atoms with Crippen LogP contribution in [0.4, 0.5) is 13.2 Å². The minimum atomic E-state index is -4.46. The molecular weight excluding hydrogens is 413 g/mol. The van der Waals surface area contributed by atoms with Gasteiger partial charge >= 0.3 is 17.9 Å². The van der Waals surface area contributed by atoms with Gasteiger partial charge in [0.25, 0.3) is 0 Å². The summed E-state index contributed by atoms with van der Waals surface area (Å²) in [7, 11) is 2.93. The number of nitrogens with two attached hydrogens (primary N) is 1. The summed E-state index contributed by atoms with van der Waals surface area (Å²) < 4.78 is 46.9.